The lowest BCUT2D eigenvalue weighted by Gasteiger charge is -2.70. The van der Waals surface area contributed by atoms with Gasteiger partial charge in [0.1, 0.15) is 11.2 Å². The van der Waals surface area contributed by atoms with Crippen LogP contribution in [0, 0.1) is 34.5 Å². The van der Waals surface area contributed by atoms with Crippen molar-refractivity contribution in [1.29, 1.82) is 0 Å². The van der Waals surface area contributed by atoms with Crippen LogP contribution in [0.3, 0.4) is 0 Å². The van der Waals surface area contributed by atoms with Crippen LogP contribution in [0.4, 0.5) is 5.69 Å². The highest BCUT2D eigenvalue weighted by molar-refractivity contribution is 5.95. The number of likely N-dealkylation sites (tertiary alicyclic amines) is 1. The summed E-state index contributed by atoms with van der Waals surface area (Å²) in [6.45, 7) is 3.54. The maximum absolute atomic E-state index is 13.4. The van der Waals surface area contributed by atoms with Crippen molar-refractivity contribution in [2.45, 2.75) is 74.3 Å². The number of para-hydroxylation sites is 1. The second kappa shape index (κ2) is 9.60. The molecule has 1 aromatic carbocycles. The number of carbonyl (C=O) groups excluding carboxylic acids is 1. The topological polar surface area (TPSA) is 133 Å². The number of likely N-dealkylation sites (N-methyl/N-ethyl adjacent to an activating group) is 1. The van der Waals surface area contributed by atoms with E-state index in [0.29, 0.717) is 30.8 Å². The first kappa shape index (κ1) is 29.0. The van der Waals surface area contributed by atoms with Crippen molar-refractivity contribution in [3.05, 3.63) is 29.8 Å². The molecular formula is C32H46N2O8. The Balaban J connectivity index is 1.41. The zero-order valence-electron chi connectivity index (χ0n) is 25.3. The van der Waals surface area contributed by atoms with Gasteiger partial charge in [-0.25, -0.2) is 4.79 Å². The number of benzene rings is 1. The van der Waals surface area contributed by atoms with Crippen LogP contribution in [-0.4, -0.2) is 111 Å². The zero-order valence-corrected chi connectivity index (χ0v) is 25.3. The summed E-state index contributed by atoms with van der Waals surface area (Å²) in [6, 6.07) is 6.55. The highest BCUT2D eigenvalue weighted by Crippen LogP contribution is 2.80. The number of rotatable bonds is 8. The van der Waals surface area contributed by atoms with Gasteiger partial charge in [-0.3, -0.25) is 4.90 Å². The number of esters is 1. The number of ether oxygens (including phenoxy) is 5. The van der Waals surface area contributed by atoms with Crippen LogP contribution in [-0.2, 0) is 23.7 Å². The Morgan fingerprint density at radius 2 is 1.86 bits per heavy atom. The maximum Gasteiger partial charge on any atom is 0.340 e. The van der Waals surface area contributed by atoms with Gasteiger partial charge in [0, 0.05) is 75.7 Å². The zero-order chi connectivity index (χ0) is 29.8. The Morgan fingerprint density at radius 3 is 2.50 bits per heavy atom. The summed E-state index contributed by atoms with van der Waals surface area (Å²) in [5.74, 6) is -0.892. The van der Waals surface area contributed by atoms with Crippen molar-refractivity contribution in [2.75, 3.05) is 53.9 Å². The van der Waals surface area contributed by atoms with E-state index in [1.165, 1.54) is 0 Å². The summed E-state index contributed by atoms with van der Waals surface area (Å²) in [4.78, 5) is 15.7. The minimum absolute atomic E-state index is 0.00697. The number of piperidine rings is 1. The highest BCUT2D eigenvalue weighted by atomic mass is 16.5. The Morgan fingerprint density at radius 1 is 1.10 bits per heavy atom. The second-order valence-electron chi connectivity index (χ2n) is 13.8. The van der Waals surface area contributed by atoms with Crippen molar-refractivity contribution in [3.63, 3.8) is 0 Å². The summed E-state index contributed by atoms with van der Waals surface area (Å²) in [7, 11) is 6.80. The van der Waals surface area contributed by atoms with Crippen molar-refractivity contribution < 1.29 is 38.7 Å². The van der Waals surface area contributed by atoms with Crippen molar-refractivity contribution >= 4 is 11.7 Å². The third kappa shape index (κ3) is 3.12. The molecule has 10 nitrogen and oxygen atoms in total. The van der Waals surface area contributed by atoms with Gasteiger partial charge in [0.05, 0.1) is 42.6 Å². The Bertz CT molecular complexity index is 1250. The first-order valence-electron chi connectivity index (χ1n) is 15.5. The van der Waals surface area contributed by atoms with Crippen LogP contribution in [0.2, 0.25) is 0 Å². The van der Waals surface area contributed by atoms with E-state index in [4.69, 9.17) is 29.4 Å². The quantitative estimate of drug-likeness (QED) is 0.306. The fourth-order valence-electron chi connectivity index (χ4n) is 12.0. The number of aliphatic hydroxyl groups is 2. The van der Waals surface area contributed by atoms with Crippen molar-refractivity contribution in [3.8, 4) is 0 Å². The van der Waals surface area contributed by atoms with Crippen LogP contribution in [0.1, 0.15) is 43.0 Å². The molecule has 1 unspecified atom stereocenters. The molecule has 0 radical (unpaired) electrons. The lowest BCUT2D eigenvalue weighted by Crippen LogP contribution is -2.82. The van der Waals surface area contributed by atoms with Gasteiger partial charge in [-0.2, -0.15) is 0 Å². The van der Waals surface area contributed by atoms with Gasteiger partial charge in [0.2, 0.25) is 0 Å². The minimum atomic E-state index is -1.62. The summed E-state index contributed by atoms with van der Waals surface area (Å²) in [5, 5.41) is 26.3. The number of nitrogen functional groups attached to an aromatic ring is 1. The molecule has 1 aromatic rings. The molecule has 1 spiro atoms. The number of anilines is 1. The number of nitrogens with zero attached hydrogens (tertiary/aromatic N) is 1. The summed E-state index contributed by atoms with van der Waals surface area (Å²) >= 11 is 0. The molecule has 10 heteroatoms. The Kier molecular flexibility index (Phi) is 6.62. The van der Waals surface area contributed by atoms with Gasteiger partial charge >= 0.3 is 5.97 Å². The number of hydrogen-bond acceptors (Lipinski definition) is 10. The van der Waals surface area contributed by atoms with Gasteiger partial charge in [0.15, 0.2) is 0 Å². The number of carbonyl (C=O) groups is 1. The van der Waals surface area contributed by atoms with Gasteiger partial charge in [-0.15, -0.1) is 0 Å². The molecule has 7 rings (SSSR count). The summed E-state index contributed by atoms with van der Waals surface area (Å²) in [5.41, 5.74) is 2.65. The fourth-order valence-corrected chi connectivity index (χ4v) is 12.0. The predicted octanol–water partition coefficient (Wildman–Crippen LogP) is 1.72. The predicted molar refractivity (Wildman–Crippen MR) is 153 cm³/mol. The first-order valence-corrected chi connectivity index (χ1v) is 15.5. The largest absolute Gasteiger partial charge is 0.461 e. The van der Waals surface area contributed by atoms with E-state index in [1.54, 1.807) is 52.7 Å². The van der Waals surface area contributed by atoms with Gasteiger partial charge in [-0.1, -0.05) is 19.1 Å². The van der Waals surface area contributed by atoms with Crippen molar-refractivity contribution in [1.82, 2.24) is 4.90 Å². The van der Waals surface area contributed by atoms with Crippen molar-refractivity contribution in [2.24, 2.45) is 34.5 Å². The molecular weight excluding hydrogens is 540 g/mol. The second-order valence-corrected chi connectivity index (χ2v) is 13.8. The van der Waals surface area contributed by atoms with Gasteiger partial charge < -0.3 is 39.6 Å². The van der Waals surface area contributed by atoms with E-state index >= 15 is 0 Å². The maximum atomic E-state index is 13.4. The molecule has 4 N–H and O–H groups in total. The lowest BCUT2D eigenvalue weighted by molar-refractivity contribution is -0.320. The van der Waals surface area contributed by atoms with Gasteiger partial charge in [-0.05, 0) is 43.9 Å². The fraction of sp³-hybridized carbons (Fsp3) is 0.781. The minimum Gasteiger partial charge on any atom is -0.461 e. The molecule has 1 heterocycles. The Hall–Kier alpha value is -1.79. The number of methoxy groups -OCH3 is 4. The van der Waals surface area contributed by atoms with Crippen LogP contribution in [0.5, 0.6) is 0 Å². The molecule has 6 fully saturated rings. The number of nitrogens with two attached hydrogens (primary N) is 1. The average Bonchev–Trinajstić information content (AvgIpc) is 3.41. The third-order valence-electron chi connectivity index (χ3n) is 13.0. The summed E-state index contributed by atoms with van der Waals surface area (Å²) in [6.07, 6.45) is 1.22. The van der Waals surface area contributed by atoms with E-state index in [2.05, 4.69) is 11.8 Å². The molecule has 232 valence electrons. The molecule has 5 saturated carbocycles. The number of hydrogen-bond donors (Lipinski definition) is 3. The normalized spacial score (nSPS) is 50.1. The standard InChI is InChI=1S/C32H46N2O8/c1-6-34-15-29(16-42-27(35)17-9-7-8-10-20(17)33)12-11-22(39-3)31-19-13-18-21(38-2)14-30(36,23(19)24(18)40-4)32(37,28(31)34)26(41-5)25(29)31/h7-10,18-19,21-26,28,36-37H,6,11-16,33H2,1-5H3/t18-,19-,21+,22+,23-,24+,25-,26-,28?,29+,30-,31+,32-/m0/s1. The molecule has 1 saturated heterocycles. The van der Waals surface area contributed by atoms with E-state index in [-0.39, 0.29) is 48.6 Å². The first-order chi connectivity index (χ1) is 20.1. The van der Waals surface area contributed by atoms with E-state index < -0.39 is 40.1 Å². The number of fused-ring (bicyclic) bond motifs is 2. The van der Waals surface area contributed by atoms with Crippen LogP contribution in [0.25, 0.3) is 0 Å². The third-order valence-corrected chi connectivity index (χ3v) is 13.0. The van der Waals surface area contributed by atoms with E-state index in [0.717, 1.165) is 19.3 Å². The highest BCUT2D eigenvalue weighted by Gasteiger charge is 2.91. The van der Waals surface area contributed by atoms with Crippen LogP contribution < -0.4 is 5.73 Å². The van der Waals surface area contributed by atoms with Crippen LogP contribution in [0.15, 0.2) is 24.3 Å². The molecule has 1 aliphatic heterocycles. The molecule has 13 atom stereocenters. The Labute approximate surface area is 247 Å². The van der Waals surface area contributed by atoms with E-state index in [1.807, 2.05) is 0 Å². The smallest absolute Gasteiger partial charge is 0.340 e. The monoisotopic (exact) mass is 586 g/mol. The molecule has 42 heavy (non-hydrogen) atoms. The summed E-state index contributed by atoms with van der Waals surface area (Å²) < 4.78 is 31.1. The molecule has 0 amide bonds. The molecule has 7 bridgehead atoms. The lowest BCUT2D eigenvalue weighted by atomic mass is 9.42. The average molecular weight is 587 g/mol. The van der Waals surface area contributed by atoms with Gasteiger partial charge in [0.25, 0.3) is 0 Å². The SMILES string of the molecule is CCN1C[C@@]2(COC(=O)c3ccccc3N)CC[C@@H](OC)[C@@]34C1[C@@](O)([C@@H](OC)[C@@H]23)[C@]1(O)C[C@@H](OC)[C@@H]2C[C@H]4[C@H]1[C@@H]2OC. The molecule has 5 aliphatic carbocycles. The van der Waals surface area contributed by atoms with Crippen LogP contribution >= 0.6 is 0 Å². The van der Waals surface area contributed by atoms with E-state index in [9.17, 15) is 15.0 Å². The molecule has 0 aromatic heterocycles. The molecule has 6 aliphatic rings.